The Labute approximate surface area is 178 Å². The number of nitrogens with zero attached hydrogens (tertiary/aromatic N) is 1. The van der Waals surface area contributed by atoms with Crippen LogP contribution in [-0.4, -0.2) is 39.3 Å². The summed E-state index contributed by atoms with van der Waals surface area (Å²) in [5, 5.41) is 12.4. The van der Waals surface area contributed by atoms with Crippen molar-refractivity contribution in [2.45, 2.75) is 25.9 Å². The number of hydrogen-bond acceptors (Lipinski definition) is 4. The van der Waals surface area contributed by atoms with Gasteiger partial charge in [-0.2, -0.15) is 0 Å². The molecule has 31 heavy (non-hydrogen) atoms. The van der Waals surface area contributed by atoms with Crippen LogP contribution in [0.5, 0.6) is 0 Å². The summed E-state index contributed by atoms with van der Waals surface area (Å²) in [7, 11) is 0. The number of carbonyl (C=O) groups is 4. The summed E-state index contributed by atoms with van der Waals surface area (Å²) >= 11 is 0. The fourth-order valence-corrected chi connectivity index (χ4v) is 3.49. The number of aliphatic carboxylic acids is 1. The molecule has 0 aliphatic carbocycles. The fourth-order valence-electron chi connectivity index (χ4n) is 3.49. The Morgan fingerprint density at radius 1 is 1.03 bits per heavy atom. The van der Waals surface area contributed by atoms with E-state index in [1.54, 1.807) is 6.07 Å². The molecule has 2 amide bonds. The van der Waals surface area contributed by atoms with Crippen molar-refractivity contribution < 1.29 is 24.3 Å². The Kier molecular flexibility index (Phi) is 6.49. The van der Waals surface area contributed by atoms with Crippen LogP contribution in [0, 0.1) is 5.92 Å². The summed E-state index contributed by atoms with van der Waals surface area (Å²) < 4.78 is 1.85. The minimum Gasteiger partial charge on any atom is -0.481 e. The summed E-state index contributed by atoms with van der Waals surface area (Å²) in [6, 6.07) is 17.8. The molecule has 2 atom stereocenters. The molecule has 4 N–H and O–H groups in total. The van der Waals surface area contributed by atoms with Gasteiger partial charge >= 0.3 is 5.97 Å². The van der Waals surface area contributed by atoms with Crippen LogP contribution in [0.3, 0.4) is 0 Å². The van der Waals surface area contributed by atoms with E-state index in [2.05, 4.69) is 5.32 Å². The normalized spacial score (nSPS) is 12.8. The SMILES string of the molecule is C[C@H](NC(=O)c1cc2ccccc2n1Cc1ccccc1)C(=O)C(CC(=O)O)C(N)=O. The molecule has 0 spiro atoms. The lowest BCUT2D eigenvalue weighted by molar-refractivity contribution is -0.144. The van der Waals surface area contributed by atoms with Crippen LogP contribution in [0.25, 0.3) is 10.9 Å². The molecule has 1 aromatic heterocycles. The second-order valence-electron chi connectivity index (χ2n) is 7.31. The molecular formula is C23H23N3O5. The third-order valence-corrected chi connectivity index (χ3v) is 5.07. The number of aromatic nitrogens is 1. The number of carbonyl (C=O) groups excluding carboxylic acids is 3. The first kappa shape index (κ1) is 21.8. The smallest absolute Gasteiger partial charge is 0.304 e. The quantitative estimate of drug-likeness (QED) is 0.455. The highest BCUT2D eigenvalue weighted by atomic mass is 16.4. The monoisotopic (exact) mass is 421 g/mol. The first-order valence-corrected chi connectivity index (χ1v) is 9.76. The minimum atomic E-state index is -1.51. The average Bonchev–Trinajstić information content (AvgIpc) is 3.10. The number of benzene rings is 2. The number of ketones is 1. The maximum atomic E-state index is 13.0. The number of hydrogen-bond donors (Lipinski definition) is 3. The number of nitrogens with one attached hydrogen (secondary N) is 1. The van der Waals surface area contributed by atoms with Crippen LogP contribution in [0.4, 0.5) is 0 Å². The van der Waals surface area contributed by atoms with Crippen molar-refractivity contribution in [3.05, 3.63) is 71.9 Å². The van der Waals surface area contributed by atoms with Gasteiger partial charge in [-0.05, 0) is 24.6 Å². The van der Waals surface area contributed by atoms with Gasteiger partial charge in [-0.15, -0.1) is 0 Å². The largest absolute Gasteiger partial charge is 0.481 e. The van der Waals surface area contributed by atoms with Gasteiger partial charge in [0.1, 0.15) is 11.6 Å². The van der Waals surface area contributed by atoms with E-state index < -0.39 is 41.9 Å². The molecular weight excluding hydrogens is 398 g/mol. The average molecular weight is 421 g/mol. The van der Waals surface area contributed by atoms with Crippen molar-refractivity contribution in [3.63, 3.8) is 0 Å². The van der Waals surface area contributed by atoms with Crippen LogP contribution in [0.1, 0.15) is 29.4 Å². The number of para-hydroxylation sites is 1. The molecule has 0 saturated heterocycles. The molecule has 3 rings (SSSR count). The number of primary amides is 1. The number of carboxylic acid groups (broad SMARTS) is 1. The standard InChI is InChI=1S/C23H23N3O5/c1-14(21(29)17(22(24)30)12-20(27)28)25-23(31)19-11-16-9-5-6-10-18(16)26(19)13-15-7-3-2-4-8-15/h2-11,14,17H,12-13H2,1H3,(H2,24,30)(H,25,31)(H,27,28)/t14-,17?/m0/s1. The minimum absolute atomic E-state index is 0.346. The molecule has 1 unspecified atom stereocenters. The first-order chi connectivity index (χ1) is 14.8. The van der Waals surface area contributed by atoms with E-state index in [0.29, 0.717) is 12.2 Å². The van der Waals surface area contributed by atoms with Crippen molar-refractivity contribution in [2.75, 3.05) is 0 Å². The van der Waals surface area contributed by atoms with Crippen LogP contribution in [0.15, 0.2) is 60.7 Å². The zero-order chi connectivity index (χ0) is 22.5. The van der Waals surface area contributed by atoms with E-state index in [0.717, 1.165) is 16.5 Å². The predicted molar refractivity (Wildman–Crippen MR) is 114 cm³/mol. The molecule has 0 aliphatic heterocycles. The predicted octanol–water partition coefficient (Wildman–Crippen LogP) is 1.95. The second-order valence-corrected chi connectivity index (χ2v) is 7.31. The van der Waals surface area contributed by atoms with E-state index in [-0.39, 0.29) is 0 Å². The van der Waals surface area contributed by atoms with Gasteiger partial charge in [-0.25, -0.2) is 0 Å². The highest BCUT2D eigenvalue weighted by Crippen LogP contribution is 2.22. The van der Waals surface area contributed by atoms with Crippen molar-refractivity contribution in [1.29, 1.82) is 0 Å². The Hall–Kier alpha value is -3.94. The molecule has 0 radical (unpaired) electrons. The first-order valence-electron chi connectivity index (χ1n) is 9.76. The van der Waals surface area contributed by atoms with E-state index in [1.165, 1.54) is 6.92 Å². The lowest BCUT2D eigenvalue weighted by atomic mass is 9.95. The summed E-state index contributed by atoms with van der Waals surface area (Å²) in [4.78, 5) is 48.1. The van der Waals surface area contributed by atoms with Crippen LogP contribution >= 0.6 is 0 Å². The third kappa shape index (κ3) is 4.98. The Balaban J connectivity index is 1.88. The van der Waals surface area contributed by atoms with Gasteiger partial charge in [0.2, 0.25) is 5.91 Å². The molecule has 3 aromatic rings. The highest BCUT2D eigenvalue weighted by molar-refractivity contribution is 6.07. The van der Waals surface area contributed by atoms with Gasteiger partial charge in [-0.3, -0.25) is 19.2 Å². The molecule has 8 heteroatoms. The van der Waals surface area contributed by atoms with Crippen LogP contribution < -0.4 is 11.1 Å². The number of amides is 2. The lowest BCUT2D eigenvalue weighted by Crippen LogP contribution is -2.46. The number of fused-ring (bicyclic) bond motifs is 1. The molecule has 0 saturated carbocycles. The third-order valence-electron chi connectivity index (χ3n) is 5.07. The molecule has 2 aromatic carbocycles. The Bertz CT molecular complexity index is 1140. The summed E-state index contributed by atoms with van der Waals surface area (Å²) in [6.07, 6.45) is -0.720. The van der Waals surface area contributed by atoms with E-state index in [9.17, 15) is 19.2 Å². The number of Topliss-reactive ketones (excluding diaryl/α,β-unsaturated/α-hetero) is 1. The summed E-state index contributed by atoms with van der Waals surface area (Å²) in [5.74, 6) is -5.12. The summed E-state index contributed by atoms with van der Waals surface area (Å²) in [5.41, 5.74) is 7.39. The van der Waals surface area contributed by atoms with Gasteiger partial charge in [-0.1, -0.05) is 48.5 Å². The number of carboxylic acids is 1. The Morgan fingerprint density at radius 3 is 2.32 bits per heavy atom. The number of rotatable bonds is 9. The van der Waals surface area contributed by atoms with E-state index >= 15 is 0 Å². The Morgan fingerprint density at radius 2 is 1.68 bits per heavy atom. The van der Waals surface area contributed by atoms with E-state index in [4.69, 9.17) is 10.8 Å². The van der Waals surface area contributed by atoms with Gasteiger partial charge in [0.05, 0.1) is 12.5 Å². The van der Waals surface area contributed by atoms with Crippen molar-refractivity contribution >= 4 is 34.5 Å². The van der Waals surface area contributed by atoms with Crippen molar-refractivity contribution in [3.8, 4) is 0 Å². The zero-order valence-electron chi connectivity index (χ0n) is 16.9. The lowest BCUT2D eigenvalue weighted by Gasteiger charge is -2.18. The maximum absolute atomic E-state index is 13.0. The van der Waals surface area contributed by atoms with Crippen LogP contribution in [-0.2, 0) is 20.9 Å². The fraction of sp³-hybridized carbons (Fsp3) is 0.217. The zero-order valence-corrected chi connectivity index (χ0v) is 16.9. The summed E-state index contributed by atoms with van der Waals surface area (Å²) in [6.45, 7) is 1.85. The molecule has 0 aliphatic rings. The van der Waals surface area contributed by atoms with Crippen molar-refractivity contribution in [1.82, 2.24) is 9.88 Å². The highest BCUT2D eigenvalue weighted by Gasteiger charge is 2.32. The maximum Gasteiger partial charge on any atom is 0.304 e. The van der Waals surface area contributed by atoms with E-state index in [1.807, 2.05) is 59.2 Å². The number of nitrogens with two attached hydrogens (primary N) is 1. The molecule has 0 fully saturated rings. The van der Waals surface area contributed by atoms with Gasteiger partial charge in [0, 0.05) is 17.4 Å². The topological polar surface area (TPSA) is 131 Å². The van der Waals surface area contributed by atoms with Gasteiger partial charge < -0.3 is 20.7 Å². The molecule has 0 bridgehead atoms. The molecule has 160 valence electrons. The van der Waals surface area contributed by atoms with Crippen LogP contribution in [0.2, 0.25) is 0 Å². The van der Waals surface area contributed by atoms with Gasteiger partial charge in [0.15, 0.2) is 5.78 Å². The van der Waals surface area contributed by atoms with Gasteiger partial charge in [0.25, 0.3) is 5.91 Å². The molecule has 1 heterocycles. The molecule has 8 nitrogen and oxygen atoms in total. The second kappa shape index (κ2) is 9.25. The van der Waals surface area contributed by atoms with Crippen molar-refractivity contribution in [2.24, 2.45) is 11.7 Å².